The lowest BCUT2D eigenvalue weighted by molar-refractivity contribution is 0.0945. The fourth-order valence-corrected chi connectivity index (χ4v) is 7.81. The van der Waals surface area contributed by atoms with E-state index >= 15 is 0 Å². The van der Waals surface area contributed by atoms with Crippen molar-refractivity contribution < 1.29 is 14.0 Å². The Kier molecular flexibility index (Phi) is 7.29. The summed E-state index contributed by atoms with van der Waals surface area (Å²) >= 11 is 0. The third kappa shape index (κ3) is 4.16. The third-order valence-electron chi connectivity index (χ3n) is 3.51. The summed E-state index contributed by atoms with van der Waals surface area (Å²) in [7, 11) is -2.15. The van der Waals surface area contributed by atoms with Crippen LogP contribution in [0.1, 0.15) is 48.0 Å². The second-order valence-electron chi connectivity index (χ2n) is 5.60. The van der Waals surface area contributed by atoms with Gasteiger partial charge >= 0.3 is 6.16 Å². The van der Waals surface area contributed by atoms with Crippen LogP contribution in [0.5, 0.6) is 0 Å². The molecule has 0 rings (SSSR count). The highest BCUT2D eigenvalue weighted by Crippen LogP contribution is 2.42. The van der Waals surface area contributed by atoms with Crippen LogP contribution in [0.25, 0.3) is 0 Å². The minimum absolute atomic E-state index is 0.348. The van der Waals surface area contributed by atoms with Crippen LogP contribution in [0.2, 0.25) is 16.6 Å². The topological polar surface area (TPSA) is 35.5 Å². The van der Waals surface area contributed by atoms with E-state index in [1.54, 1.807) is 6.08 Å². The van der Waals surface area contributed by atoms with Gasteiger partial charge in [0.2, 0.25) is 0 Å². The SMILES string of the molecule is C=CCCOC(=O)O[Si](C(C)C)(C(C)C)C(C)C. The molecule has 0 saturated heterocycles. The van der Waals surface area contributed by atoms with Crippen molar-refractivity contribution in [3.63, 3.8) is 0 Å². The zero-order valence-corrected chi connectivity index (χ0v) is 13.7. The van der Waals surface area contributed by atoms with E-state index in [-0.39, 0.29) is 0 Å². The molecule has 0 fully saturated rings. The number of hydrogen-bond acceptors (Lipinski definition) is 3. The molecule has 3 nitrogen and oxygen atoms in total. The zero-order valence-electron chi connectivity index (χ0n) is 12.7. The van der Waals surface area contributed by atoms with Crippen LogP contribution in [0.4, 0.5) is 4.79 Å². The first-order valence-corrected chi connectivity index (χ1v) is 8.89. The summed E-state index contributed by atoms with van der Waals surface area (Å²) in [5, 5.41) is 0. The van der Waals surface area contributed by atoms with Crippen LogP contribution in [0, 0.1) is 0 Å². The van der Waals surface area contributed by atoms with Gasteiger partial charge in [-0.2, -0.15) is 0 Å². The summed E-state index contributed by atoms with van der Waals surface area (Å²) in [4.78, 5) is 11.8. The van der Waals surface area contributed by atoms with Crippen molar-refractivity contribution in [3.05, 3.63) is 12.7 Å². The second kappa shape index (κ2) is 7.62. The third-order valence-corrected chi connectivity index (χ3v) is 9.44. The lowest BCUT2D eigenvalue weighted by Crippen LogP contribution is -2.49. The van der Waals surface area contributed by atoms with E-state index in [1.807, 2.05) is 0 Å². The van der Waals surface area contributed by atoms with Gasteiger partial charge in [0.1, 0.15) is 0 Å². The summed E-state index contributed by atoms with van der Waals surface area (Å²) in [6.07, 6.45) is 1.87. The largest absolute Gasteiger partial charge is 0.494 e. The molecule has 0 aromatic rings. The quantitative estimate of drug-likeness (QED) is 0.286. The highest BCUT2D eigenvalue weighted by atomic mass is 28.4. The molecule has 0 saturated carbocycles. The van der Waals surface area contributed by atoms with Crippen molar-refractivity contribution in [3.8, 4) is 0 Å². The first-order valence-electron chi connectivity index (χ1n) is 6.75. The Morgan fingerprint density at radius 1 is 1.11 bits per heavy atom. The molecule has 4 heteroatoms. The van der Waals surface area contributed by atoms with Gasteiger partial charge in [-0.3, -0.25) is 0 Å². The van der Waals surface area contributed by atoms with Gasteiger partial charge in [0.15, 0.2) is 0 Å². The molecule has 0 unspecified atom stereocenters. The number of carbonyl (C=O) groups is 1. The van der Waals surface area contributed by atoms with Crippen molar-refractivity contribution >= 4 is 14.5 Å². The van der Waals surface area contributed by atoms with Crippen molar-refractivity contribution in [1.29, 1.82) is 0 Å². The summed E-state index contributed by atoms with van der Waals surface area (Å²) < 4.78 is 10.9. The van der Waals surface area contributed by atoms with E-state index in [0.717, 1.165) is 0 Å². The Bertz CT molecular complexity index is 250. The molecule has 0 radical (unpaired) electrons. The van der Waals surface area contributed by atoms with Crippen LogP contribution in [-0.2, 0) is 9.16 Å². The van der Waals surface area contributed by atoms with Gasteiger partial charge in [-0.15, -0.1) is 6.58 Å². The Labute approximate surface area is 113 Å². The van der Waals surface area contributed by atoms with Gasteiger partial charge in [0, 0.05) is 0 Å². The smallest absolute Gasteiger partial charge is 0.488 e. The Balaban J connectivity index is 4.78. The Morgan fingerprint density at radius 3 is 1.89 bits per heavy atom. The molecular formula is C14H28O3Si. The first-order chi connectivity index (χ1) is 8.28. The zero-order chi connectivity index (χ0) is 14.3. The molecule has 0 aliphatic heterocycles. The molecule has 0 aromatic carbocycles. The molecule has 0 aliphatic rings. The molecule has 0 heterocycles. The van der Waals surface area contributed by atoms with E-state index in [2.05, 4.69) is 48.1 Å². The van der Waals surface area contributed by atoms with Crippen LogP contribution in [0.15, 0.2) is 12.7 Å². The molecule has 106 valence electrons. The highest BCUT2D eigenvalue weighted by molar-refractivity contribution is 6.78. The van der Waals surface area contributed by atoms with Gasteiger partial charge in [-0.25, -0.2) is 4.79 Å². The number of carbonyl (C=O) groups excluding carboxylic acids is 1. The van der Waals surface area contributed by atoms with E-state index in [9.17, 15) is 4.79 Å². The number of rotatable bonds is 7. The van der Waals surface area contributed by atoms with Crippen LogP contribution in [0.3, 0.4) is 0 Å². The predicted molar refractivity (Wildman–Crippen MR) is 78.3 cm³/mol. The van der Waals surface area contributed by atoms with Gasteiger partial charge < -0.3 is 9.16 Å². The number of hydrogen-bond donors (Lipinski definition) is 0. The fraction of sp³-hybridized carbons (Fsp3) is 0.786. The summed E-state index contributed by atoms with van der Waals surface area (Å²) in [5.41, 5.74) is 1.14. The van der Waals surface area contributed by atoms with E-state index in [0.29, 0.717) is 29.7 Å². The maximum atomic E-state index is 11.8. The van der Waals surface area contributed by atoms with Crippen LogP contribution >= 0.6 is 0 Å². The van der Waals surface area contributed by atoms with E-state index < -0.39 is 14.5 Å². The minimum atomic E-state index is -2.15. The van der Waals surface area contributed by atoms with Crippen molar-refractivity contribution in [2.75, 3.05) is 6.61 Å². The first kappa shape index (κ1) is 17.2. The number of ether oxygens (including phenoxy) is 1. The molecule has 0 amide bonds. The summed E-state index contributed by atoms with van der Waals surface area (Å²) in [6.45, 7) is 16.8. The monoisotopic (exact) mass is 272 g/mol. The minimum Gasteiger partial charge on any atom is -0.488 e. The van der Waals surface area contributed by atoms with Crippen LogP contribution in [-0.4, -0.2) is 21.1 Å². The maximum Gasteiger partial charge on any atom is 0.494 e. The summed E-state index contributed by atoms with van der Waals surface area (Å²) in [6, 6.07) is 0. The fourth-order valence-electron chi connectivity index (χ4n) is 2.75. The Morgan fingerprint density at radius 2 is 1.56 bits per heavy atom. The predicted octanol–water partition coefficient (Wildman–Crippen LogP) is 4.89. The van der Waals surface area contributed by atoms with Gasteiger partial charge in [-0.1, -0.05) is 47.6 Å². The van der Waals surface area contributed by atoms with Gasteiger partial charge in [-0.05, 0) is 23.0 Å². The van der Waals surface area contributed by atoms with Crippen molar-refractivity contribution in [1.82, 2.24) is 0 Å². The maximum absolute atomic E-state index is 11.8. The van der Waals surface area contributed by atoms with Gasteiger partial charge in [0.05, 0.1) is 6.61 Å². The van der Waals surface area contributed by atoms with Crippen molar-refractivity contribution in [2.45, 2.75) is 64.6 Å². The second-order valence-corrected chi connectivity index (χ2v) is 11.0. The summed E-state index contributed by atoms with van der Waals surface area (Å²) in [5.74, 6) is 0. The lowest BCUT2D eigenvalue weighted by atomic mass is 10.5. The molecule has 18 heavy (non-hydrogen) atoms. The Hall–Kier alpha value is -0.773. The van der Waals surface area contributed by atoms with E-state index in [4.69, 9.17) is 9.16 Å². The standard InChI is InChI=1S/C14H28O3Si/c1-8-9-10-16-14(15)17-18(11(2)3,12(4)5)13(6)7/h8,11-13H,1,9-10H2,2-7H3. The molecule has 0 spiro atoms. The highest BCUT2D eigenvalue weighted by Gasteiger charge is 2.48. The molecule has 0 aliphatic carbocycles. The van der Waals surface area contributed by atoms with Crippen LogP contribution < -0.4 is 0 Å². The van der Waals surface area contributed by atoms with E-state index in [1.165, 1.54) is 0 Å². The average molecular weight is 272 g/mol. The normalized spacial score (nSPS) is 12.1. The molecule has 0 atom stereocenters. The molecule has 0 aromatic heterocycles. The molecule has 0 N–H and O–H groups in total. The average Bonchev–Trinajstić information content (AvgIpc) is 2.24. The van der Waals surface area contributed by atoms with Crippen molar-refractivity contribution in [2.24, 2.45) is 0 Å². The lowest BCUT2D eigenvalue weighted by Gasteiger charge is -2.40. The molecule has 0 bridgehead atoms. The van der Waals surface area contributed by atoms with Gasteiger partial charge in [0.25, 0.3) is 8.32 Å². The molecular weight excluding hydrogens is 244 g/mol.